The Labute approximate surface area is 509 Å². The van der Waals surface area contributed by atoms with Gasteiger partial charge in [-0.2, -0.15) is 0 Å². The Hall–Kier alpha value is -10.1. The van der Waals surface area contributed by atoms with Crippen LogP contribution in [0.5, 0.6) is 5.75 Å². The molecule has 0 saturated carbocycles. The normalized spacial score (nSPS) is 12.1. The van der Waals surface area contributed by atoms with Crippen molar-refractivity contribution in [2.75, 3.05) is 26.7 Å². The first kappa shape index (κ1) is 68.6. The Kier molecular flexibility index (Phi) is 28.6. The molecule has 0 heterocycles. The van der Waals surface area contributed by atoms with Crippen molar-refractivity contribution in [3.8, 4) is 5.75 Å². The molecule has 88 heavy (non-hydrogen) atoms. The second-order valence-electron chi connectivity index (χ2n) is 20.9. The highest BCUT2D eigenvalue weighted by molar-refractivity contribution is 5.94. The largest absolute Gasteiger partial charge is 0.497 e. The van der Waals surface area contributed by atoms with Gasteiger partial charge in [-0.15, -0.1) is 0 Å². The zero-order chi connectivity index (χ0) is 63.7. The standard InChI is InChI=1S/C64H75N7O17/c1-64(2,3)88-63(82)71-52(35-43-25-27-48(83-4)28-26-43)60(79)67-37-55(74)68-49(59(78)66-38-56(75)70-51(62(81)87-42-47-23-15-8-16-24-47)31-34-58(77)85-40-45-19-11-6-12-20-45)29-32-53(72)65-36-54(73)69-50(61(80)86-41-46-21-13-7-14-22-46)30-33-57(76)84-39-44-17-9-5-10-18-44/h5-28,49-52H,29-42H2,1-4H3,(H,65,72)(H,66,78)(H,67,79)(H,68,74)(H,69,73)(H,70,75)(H,71,82)/t49-,50-,51-,52-/m0/s1. The van der Waals surface area contributed by atoms with Crippen LogP contribution in [0.3, 0.4) is 0 Å². The first-order valence-electron chi connectivity index (χ1n) is 28.3. The van der Waals surface area contributed by atoms with Crippen molar-refractivity contribution in [2.45, 2.75) is 122 Å². The van der Waals surface area contributed by atoms with Gasteiger partial charge in [-0.05, 0) is 80.0 Å². The SMILES string of the molecule is COc1ccc(C[C@H](NC(=O)OC(C)(C)C)C(=O)NCC(=O)N[C@@H](CCC(=O)NCC(=O)N[C@@H](CCC(=O)OCc2ccccc2)C(=O)OCc2ccccc2)C(=O)NCC(=O)N[C@@H](CCC(=O)OCc2ccccc2)C(=O)OCc2ccccc2)cc1. The summed E-state index contributed by atoms with van der Waals surface area (Å²) in [6.45, 7) is 2.29. The minimum Gasteiger partial charge on any atom is -0.497 e. The molecule has 4 atom stereocenters. The fraction of sp³-hybridized carbons (Fsp3) is 0.359. The maximum absolute atomic E-state index is 13.9. The van der Waals surface area contributed by atoms with Gasteiger partial charge in [-0.3, -0.25) is 38.4 Å². The predicted molar refractivity (Wildman–Crippen MR) is 317 cm³/mol. The lowest BCUT2D eigenvalue weighted by atomic mass is 10.1. The number of methoxy groups -OCH3 is 1. The number of ether oxygens (including phenoxy) is 6. The summed E-state index contributed by atoms with van der Waals surface area (Å²) in [7, 11) is 1.48. The lowest BCUT2D eigenvalue weighted by Gasteiger charge is -2.24. The number of rotatable bonds is 34. The number of benzene rings is 5. The molecule has 0 bridgehead atoms. The Bertz CT molecular complexity index is 3090. The van der Waals surface area contributed by atoms with Crippen molar-refractivity contribution in [3.05, 3.63) is 173 Å². The number of carbonyl (C=O) groups excluding carboxylic acids is 11. The van der Waals surface area contributed by atoms with Crippen LogP contribution >= 0.6 is 0 Å². The van der Waals surface area contributed by atoms with Crippen LogP contribution in [-0.4, -0.2) is 122 Å². The van der Waals surface area contributed by atoms with Crippen LogP contribution in [0, 0.1) is 0 Å². The fourth-order valence-electron chi connectivity index (χ4n) is 8.09. The van der Waals surface area contributed by atoms with Crippen LogP contribution in [0.25, 0.3) is 0 Å². The van der Waals surface area contributed by atoms with Gasteiger partial charge < -0.3 is 65.6 Å². The van der Waals surface area contributed by atoms with Gasteiger partial charge in [-0.25, -0.2) is 14.4 Å². The minimum absolute atomic E-state index is 0.0216. The second kappa shape index (κ2) is 36.7. The van der Waals surface area contributed by atoms with Crippen molar-refractivity contribution < 1.29 is 81.2 Å². The first-order valence-corrected chi connectivity index (χ1v) is 28.3. The average molecular weight is 1210 g/mol. The molecule has 7 N–H and O–H groups in total. The quantitative estimate of drug-likeness (QED) is 0.0224. The van der Waals surface area contributed by atoms with Crippen LogP contribution in [-0.2, 0) is 104 Å². The van der Waals surface area contributed by atoms with E-state index >= 15 is 0 Å². The number of esters is 4. The molecule has 5 aromatic rings. The van der Waals surface area contributed by atoms with E-state index in [0.717, 1.165) is 11.1 Å². The molecule has 7 amide bonds. The van der Waals surface area contributed by atoms with Gasteiger partial charge in [0.15, 0.2) is 0 Å². The fourth-order valence-corrected chi connectivity index (χ4v) is 8.09. The van der Waals surface area contributed by atoms with Gasteiger partial charge in [0.05, 0.1) is 26.7 Å². The summed E-state index contributed by atoms with van der Waals surface area (Å²) in [6.07, 6.45) is -3.03. The van der Waals surface area contributed by atoms with E-state index in [9.17, 15) is 52.7 Å². The van der Waals surface area contributed by atoms with E-state index in [1.807, 2.05) is 0 Å². The molecule has 0 fully saturated rings. The zero-order valence-corrected chi connectivity index (χ0v) is 49.5. The minimum atomic E-state index is -1.59. The van der Waals surface area contributed by atoms with Crippen molar-refractivity contribution in [1.82, 2.24) is 37.2 Å². The molecular weight excluding hydrogens is 1140 g/mol. The average Bonchev–Trinajstić information content (AvgIpc) is 3.61. The molecule has 0 aliphatic heterocycles. The highest BCUT2D eigenvalue weighted by Crippen LogP contribution is 2.15. The molecule has 0 aliphatic carbocycles. The van der Waals surface area contributed by atoms with Crippen molar-refractivity contribution >= 4 is 65.4 Å². The van der Waals surface area contributed by atoms with Crippen LogP contribution < -0.4 is 42.0 Å². The van der Waals surface area contributed by atoms with Gasteiger partial charge >= 0.3 is 30.0 Å². The molecule has 5 rings (SSSR count). The summed E-state index contributed by atoms with van der Waals surface area (Å²) >= 11 is 0. The van der Waals surface area contributed by atoms with E-state index in [0.29, 0.717) is 22.4 Å². The second-order valence-corrected chi connectivity index (χ2v) is 20.9. The molecule has 0 saturated heterocycles. The number of nitrogens with one attached hydrogen (secondary N) is 7. The van der Waals surface area contributed by atoms with E-state index in [-0.39, 0.29) is 58.5 Å². The summed E-state index contributed by atoms with van der Waals surface area (Å²) in [6, 6.07) is 36.2. The summed E-state index contributed by atoms with van der Waals surface area (Å²) in [4.78, 5) is 147. The highest BCUT2D eigenvalue weighted by atomic mass is 16.6. The van der Waals surface area contributed by atoms with Gasteiger partial charge in [0.2, 0.25) is 35.4 Å². The Morgan fingerprint density at radius 1 is 0.386 bits per heavy atom. The Morgan fingerprint density at radius 3 is 1.15 bits per heavy atom. The Morgan fingerprint density at radius 2 is 0.750 bits per heavy atom. The first-order chi connectivity index (χ1) is 42.2. The van der Waals surface area contributed by atoms with Crippen molar-refractivity contribution in [2.24, 2.45) is 0 Å². The van der Waals surface area contributed by atoms with E-state index in [4.69, 9.17) is 28.4 Å². The lowest BCUT2D eigenvalue weighted by Crippen LogP contribution is -2.54. The molecule has 5 aromatic carbocycles. The number of hydrogen-bond acceptors (Lipinski definition) is 17. The summed E-state index contributed by atoms with van der Waals surface area (Å²) in [5.41, 5.74) is 2.43. The van der Waals surface area contributed by atoms with Crippen LogP contribution in [0.1, 0.15) is 87.1 Å². The summed E-state index contributed by atoms with van der Waals surface area (Å²) in [5, 5.41) is 17.1. The topological polar surface area (TPSA) is 327 Å². The molecule has 0 spiro atoms. The molecule has 24 heteroatoms. The number of alkyl carbamates (subject to hydrolysis) is 1. The third kappa shape index (κ3) is 27.3. The van der Waals surface area contributed by atoms with Gasteiger partial charge in [-0.1, -0.05) is 133 Å². The summed E-state index contributed by atoms with van der Waals surface area (Å²) < 4.78 is 32.2. The summed E-state index contributed by atoms with van der Waals surface area (Å²) in [5.74, 6) is -7.89. The van der Waals surface area contributed by atoms with E-state index in [1.165, 1.54) is 7.11 Å². The number of hydrogen-bond donors (Lipinski definition) is 7. The molecule has 468 valence electrons. The zero-order valence-electron chi connectivity index (χ0n) is 49.5. The molecule has 0 radical (unpaired) electrons. The lowest BCUT2D eigenvalue weighted by molar-refractivity contribution is -0.151. The van der Waals surface area contributed by atoms with Crippen LogP contribution in [0.2, 0.25) is 0 Å². The smallest absolute Gasteiger partial charge is 0.408 e. The van der Waals surface area contributed by atoms with Crippen LogP contribution in [0.15, 0.2) is 146 Å². The molecule has 0 aliphatic rings. The van der Waals surface area contributed by atoms with E-state index in [2.05, 4.69) is 37.2 Å². The third-order valence-electron chi connectivity index (χ3n) is 12.7. The van der Waals surface area contributed by atoms with Crippen molar-refractivity contribution in [1.29, 1.82) is 0 Å². The van der Waals surface area contributed by atoms with E-state index in [1.54, 1.807) is 166 Å². The predicted octanol–water partition coefficient (Wildman–Crippen LogP) is 4.25. The monoisotopic (exact) mass is 1210 g/mol. The molecule has 24 nitrogen and oxygen atoms in total. The van der Waals surface area contributed by atoms with Crippen molar-refractivity contribution in [3.63, 3.8) is 0 Å². The molecule has 0 unspecified atom stereocenters. The molecule has 0 aromatic heterocycles. The highest BCUT2D eigenvalue weighted by Gasteiger charge is 2.30. The number of carbonyl (C=O) groups is 11. The maximum Gasteiger partial charge on any atom is 0.408 e. The Balaban J connectivity index is 1.25. The van der Waals surface area contributed by atoms with E-state index < -0.39 is 128 Å². The van der Waals surface area contributed by atoms with Gasteiger partial charge in [0.25, 0.3) is 0 Å². The van der Waals surface area contributed by atoms with Gasteiger partial charge in [0, 0.05) is 25.7 Å². The van der Waals surface area contributed by atoms with Crippen LogP contribution in [0.4, 0.5) is 4.79 Å². The number of amides is 7. The molecular formula is C64H75N7O17. The third-order valence-corrected chi connectivity index (χ3v) is 12.7. The maximum atomic E-state index is 13.9. The van der Waals surface area contributed by atoms with Gasteiger partial charge in [0.1, 0.15) is 61.9 Å².